The summed E-state index contributed by atoms with van der Waals surface area (Å²) in [5.74, 6) is -0.358. The van der Waals surface area contributed by atoms with Gasteiger partial charge in [0.1, 0.15) is 0 Å². The topological polar surface area (TPSA) is 71.5 Å². The maximum absolute atomic E-state index is 12.6. The fraction of sp³-hybridized carbons (Fsp3) is 0.111. The predicted octanol–water partition coefficient (Wildman–Crippen LogP) is 4.09. The first-order valence-corrected chi connectivity index (χ1v) is 11.0. The molecule has 2 aromatic carbocycles. The highest BCUT2D eigenvalue weighted by Gasteiger charge is 2.35. The van der Waals surface area contributed by atoms with E-state index in [1.54, 1.807) is 18.2 Å². The molecule has 2 aromatic rings. The van der Waals surface area contributed by atoms with Gasteiger partial charge < -0.3 is 0 Å². The van der Waals surface area contributed by atoms with E-state index in [2.05, 4.69) is 15.9 Å². The molecule has 26 heavy (non-hydrogen) atoms. The van der Waals surface area contributed by atoms with Crippen LogP contribution in [0.15, 0.2) is 62.8 Å². The first-order chi connectivity index (χ1) is 12.3. The number of rotatable bonds is 4. The minimum absolute atomic E-state index is 0.191. The number of thioether (sulfide) groups is 1. The van der Waals surface area contributed by atoms with E-state index in [0.717, 1.165) is 28.1 Å². The van der Waals surface area contributed by atoms with Gasteiger partial charge in [-0.15, -0.1) is 0 Å². The van der Waals surface area contributed by atoms with Crippen LogP contribution >= 0.6 is 27.7 Å². The largest absolute Gasteiger partial charge is 0.293 e. The highest BCUT2D eigenvalue weighted by molar-refractivity contribution is 9.10. The van der Waals surface area contributed by atoms with Gasteiger partial charge in [0.2, 0.25) is 0 Å². The van der Waals surface area contributed by atoms with Gasteiger partial charge in [0.15, 0.2) is 9.84 Å². The zero-order valence-electron chi connectivity index (χ0n) is 13.7. The number of amides is 2. The second kappa shape index (κ2) is 7.38. The number of benzene rings is 2. The van der Waals surface area contributed by atoms with Crippen molar-refractivity contribution in [3.63, 3.8) is 0 Å². The number of hydrogen-bond donors (Lipinski definition) is 0. The highest BCUT2D eigenvalue weighted by atomic mass is 79.9. The van der Waals surface area contributed by atoms with E-state index in [4.69, 9.17) is 0 Å². The molecule has 0 aliphatic carbocycles. The van der Waals surface area contributed by atoms with Crippen molar-refractivity contribution in [2.75, 3.05) is 6.26 Å². The minimum Gasteiger partial charge on any atom is -0.268 e. The molecule has 1 fully saturated rings. The number of halogens is 1. The van der Waals surface area contributed by atoms with E-state index in [1.807, 2.05) is 24.3 Å². The Kier molecular flexibility index (Phi) is 5.36. The summed E-state index contributed by atoms with van der Waals surface area (Å²) in [6.45, 7) is 0.191. The van der Waals surface area contributed by atoms with Crippen LogP contribution in [-0.4, -0.2) is 30.7 Å². The first kappa shape index (κ1) is 18.9. The van der Waals surface area contributed by atoms with Gasteiger partial charge in [-0.05, 0) is 47.2 Å². The van der Waals surface area contributed by atoms with Gasteiger partial charge in [-0.1, -0.05) is 46.3 Å². The lowest BCUT2D eigenvalue weighted by Crippen LogP contribution is -2.27. The molecule has 8 heteroatoms. The van der Waals surface area contributed by atoms with Crippen LogP contribution in [-0.2, 0) is 21.2 Å². The lowest BCUT2D eigenvalue weighted by Gasteiger charge is -2.13. The third-order valence-electron chi connectivity index (χ3n) is 3.77. The second-order valence-electron chi connectivity index (χ2n) is 5.70. The molecule has 5 nitrogen and oxygen atoms in total. The van der Waals surface area contributed by atoms with Crippen LogP contribution in [0.4, 0.5) is 4.79 Å². The van der Waals surface area contributed by atoms with Crippen LogP contribution in [0.3, 0.4) is 0 Å². The van der Waals surface area contributed by atoms with Gasteiger partial charge in [0.05, 0.1) is 16.3 Å². The van der Waals surface area contributed by atoms with Crippen molar-refractivity contribution in [3.05, 3.63) is 69.0 Å². The minimum atomic E-state index is -3.27. The van der Waals surface area contributed by atoms with E-state index in [9.17, 15) is 18.0 Å². The molecule has 1 aliphatic heterocycles. The van der Waals surface area contributed by atoms with E-state index in [-0.39, 0.29) is 22.6 Å². The Bertz CT molecular complexity index is 1010. The molecule has 0 bridgehead atoms. The van der Waals surface area contributed by atoms with E-state index < -0.39 is 9.84 Å². The van der Waals surface area contributed by atoms with Gasteiger partial charge in [0, 0.05) is 10.7 Å². The van der Waals surface area contributed by atoms with Gasteiger partial charge >= 0.3 is 0 Å². The molecule has 1 aliphatic rings. The summed E-state index contributed by atoms with van der Waals surface area (Å²) in [7, 11) is -3.27. The molecule has 0 aromatic heterocycles. The van der Waals surface area contributed by atoms with E-state index in [0.29, 0.717) is 10.5 Å². The number of hydrogen-bond acceptors (Lipinski definition) is 5. The van der Waals surface area contributed by atoms with Gasteiger partial charge in [-0.3, -0.25) is 14.5 Å². The quantitative estimate of drug-likeness (QED) is 0.654. The molecule has 0 N–H and O–H groups in total. The Balaban J connectivity index is 1.82. The molecule has 0 atom stereocenters. The summed E-state index contributed by atoms with van der Waals surface area (Å²) < 4.78 is 23.8. The summed E-state index contributed by atoms with van der Waals surface area (Å²) >= 11 is 4.29. The molecule has 134 valence electrons. The molecular weight excluding hydrogens is 438 g/mol. The summed E-state index contributed by atoms with van der Waals surface area (Å²) in [5.41, 5.74) is 1.50. The third kappa shape index (κ3) is 4.08. The lowest BCUT2D eigenvalue weighted by molar-refractivity contribution is -0.123. The summed E-state index contributed by atoms with van der Waals surface area (Å²) in [6, 6.07) is 13.6. The van der Waals surface area contributed by atoms with Gasteiger partial charge in [-0.2, -0.15) is 0 Å². The normalized spacial score (nSPS) is 16.5. The van der Waals surface area contributed by atoms with Gasteiger partial charge in [-0.25, -0.2) is 8.42 Å². The van der Waals surface area contributed by atoms with Crippen LogP contribution in [0.2, 0.25) is 0 Å². The fourth-order valence-corrected chi connectivity index (χ4v) is 4.27. The Morgan fingerprint density at radius 3 is 2.35 bits per heavy atom. The van der Waals surface area contributed by atoms with Crippen molar-refractivity contribution < 1.29 is 18.0 Å². The van der Waals surface area contributed by atoms with Crippen molar-refractivity contribution >= 4 is 54.8 Å². The Morgan fingerprint density at radius 2 is 1.73 bits per heavy atom. The van der Waals surface area contributed by atoms with E-state index >= 15 is 0 Å². The zero-order chi connectivity index (χ0) is 18.9. The maximum Gasteiger partial charge on any atom is 0.293 e. The molecule has 2 amide bonds. The average molecular weight is 452 g/mol. The molecule has 1 heterocycles. The molecule has 0 radical (unpaired) electrons. The smallest absolute Gasteiger partial charge is 0.268 e. The number of carbonyl (C=O) groups is 2. The predicted molar refractivity (Wildman–Crippen MR) is 105 cm³/mol. The molecule has 0 spiro atoms. The summed E-state index contributed by atoms with van der Waals surface area (Å²) in [6.07, 6.45) is 2.73. The fourth-order valence-electron chi connectivity index (χ4n) is 2.40. The first-order valence-electron chi connectivity index (χ1n) is 7.54. The van der Waals surface area contributed by atoms with Crippen LogP contribution in [0.25, 0.3) is 6.08 Å². The molecule has 3 rings (SSSR count). The van der Waals surface area contributed by atoms with Crippen LogP contribution in [0, 0.1) is 0 Å². The zero-order valence-corrected chi connectivity index (χ0v) is 16.9. The Hall–Kier alpha value is -1.90. The number of carbonyl (C=O) groups excluding carboxylic acids is 2. The second-order valence-corrected chi connectivity index (χ2v) is 9.56. The lowest BCUT2D eigenvalue weighted by atomic mass is 10.2. The molecule has 0 unspecified atom stereocenters. The van der Waals surface area contributed by atoms with Crippen molar-refractivity contribution in [2.24, 2.45) is 0 Å². The molecule has 0 saturated carbocycles. The Labute approximate surface area is 164 Å². The Morgan fingerprint density at radius 1 is 1.08 bits per heavy atom. The summed E-state index contributed by atoms with van der Waals surface area (Å²) in [5, 5.41) is -0.329. The van der Waals surface area contributed by atoms with Crippen molar-refractivity contribution in [3.8, 4) is 0 Å². The summed E-state index contributed by atoms with van der Waals surface area (Å²) in [4.78, 5) is 26.5. The van der Waals surface area contributed by atoms with Crippen molar-refractivity contribution in [1.82, 2.24) is 4.90 Å². The van der Waals surface area contributed by atoms with Gasteiger partial charge in [0.25, 0.3) is 11.1 Å². The molecular formula is C18H14BrNO4S2. The van der Waals surface area contributed by atoms with Crippen molar-refractivity contribution in [2.45, 2.75) is 11.4 Å². The SMILES string of the molecule is CS(=O)(=O)c1ccc(C=C2SC(=O)N(Cc3ccccc3Br)C2=O)cc1. The standard InChI is InChI=1S/C18H14BrNO4S2/c1-26(23,24)14-8-6-12(7-9-14)10-16-17(21)20(18(22)25-16)11-13-4-2-3-5-15(13)19/h2-10H,11H2,1H3. The highest BCUT2D eigenvalue weighted by Crippen LogP contribution is 2.34. The van der Waals surface area contributed by atoms with Crippen molar-refractivity contribution in [1.29, 1.82) is 0 Å². The van der Waals surface area contributed by atoms with Crippen LogP contribution in [0.5, 0.6) is 0 Å². The van der Waals surface area contributed by atoms with E-state index in [1.165, 1.54) is 17.0 Å². The van der Waals surface area contributed by atoms with Crippen LogP contribution in [0.1, 0.15) is 11.1 Å². The maximum atomic E-state index is 12.6. The number of imide groups is 1. The molecule has 1 saturated heterocycles. The third-order valence-corrected chi connectivity index (χ3v) is 6.58. The monoisotopic (exact) mass is 451 g/mol. The average Bonchev–Trinajstić information content (AvgIpc) is 2.84. The van der Waals surface area contributed by atoms with Crippen LogP contribution < -0.4 is 0 Å². The number of nitrogens with zero attached hydrogens (tertiary/aromatic N) is 1. The number of sulfone groups is 1.